The van der Waals surface area contributed by atoms with Crippen LogP contribution >= 0.6 is 0 Å². The number of hydrogen-bond acceptors (Lipinski definition) is 3. The van der Waals surface area contributed by atoms with Crippen LogP contribution in [0.2, 0.25) is 0 Å². The maximum atomic E-state index is 11.5. The maximum Gasteiger partial charge on any atom is 0.328 e. The van der Waals surface area contributed by atoms with E-state index in [1.165, 1.54) is 0 Å². The standard InChI is InChI=1S/C13H21NO3/c1-2-3-4-5-6-7-10-17-13(16)11-8-9-12(15)14-11/h3-4,11H,2,5-10H2,1H3,(H,14,15)/b4-3+/t11-/m0/s1. The molecule has 0 aromatic heterocycles. The molecule has 1 rings (SSSR count). The van der Waals surface area contributed by atoms with Crippen molar-refractivity contribution in [3.05, 3.63) is 12.2 Å². The molecule has 0 saturated carbocycles. The minimum Gasteiger partial charge on any atom is -0.464 e. The monoisotopic (exact) mass is 239 g/mol. The summed E-state index contributed by atoms with van der Waals surface area (Å²) in [4.78, 5) is 22.4. The SMILES string of the molecule is CC/C=C/CCCCOC(=O)[C@@H]1CCC(=O)N1. The molecule has 0 bridgehead atoms. The summed E-state index contributed by atoms with van der Waals surface area (Å²) in [7, 11) is 0. The molecule has 4 nitrogen and oxygen atoms in total. The minimum absolute atomic E-state index is 0.0587. The molecule has 1 N–H and O–H groups in total. The fourth-order valence-electron chi connectivity index (χ4n) is 1.71. The summed E-state index contributed by atoms with van der Waals surface area (Å²) in [6.45, 7) is 2.55. The Morgan fingerprint density at radius 2 is 2.29 bits per heavy atom. The molecule has 1 heterocycles. The van der Waals surface area contributed by atoms with Crippen molar-refractivity contribution < 1.29 is 14.3 Å². The van der Waals surface area contributed by atoms with Gasteiger partial charge in [-0.3, -0.25) is 4.79 Å². The van der Waals surface area contributed by atoms with Gasteiger partial charge in [0.25, 0.3) is 0 Å². The van der Waals surface area contributed by atoms with Crippen LogP contribution in [0.15, 0.2) is 12.2 Å². The highest BCUT2D eigenvalue weighted by Crippen LogP contribution is 2.08. The molecule has 1 atom stereocenters. The van der Waals surface area contributed by atoms with Gasteiger partial charge >= 0.3 is 5.97 Å². The van der Waals surface area contributed by atoms with Crippen LogP contribution < -0.4 is 5.32 Å². The fourth-order valence-corrected chi connectivity index (χ4v) is 1.71. The first kappa shape index (κ1) is 13.7. The zero-order chi connectivity index (χ0) is 12.5. The van der Waals surface area contributed by atoms with E-state index >= 15 is 0 Å². The van der Waals surface area contributed by atoms with Crippen molar-refractivity contribution in [1.29, 1.82) is 0 Å². The molecule has 0 aromatic carbocycles. The van der Waals surface area contributed by atoms with Gasteiger partial charge in [0, 0.05) is 6.42 Å². The fraction of sp³-hybridized carbons (Fsp3) is 0.692. The van der Waals surface area contributed by atoms with Crippen molar-refractivity contribution in [2.24, 2.45) is 0 Å². The van der Waals surface area contributed by atoms with E-state index < -0.39 is 6.04 Å². The molecular formula is C13H21NO3. The van der Waals surface area contributed by atoms with Gasteiger partial charge in [0.2, 0.25) is 5.91 Å². The molecule has 96 valence electrons. The van der Waals surface area contributed by atoms with E-state index in [0.29, 0.717) is 19.4 Å². The van der Waals surface area contributed by atoms with E-state index in [1.807, 2.05) is 0 Å². The van der Waals surface area contributed by atoms with Crippen molar-refractivity contribution in [3.8, 4) is 0 Å². The topological polar surface area (TPSA) is 55.4 Å². The average molecular weight is 239 g/mol. The van der Waals surface area contributed by atoms with Gasteiger partial charge in [-0.15, -0.1) is 0 Å². The molecule has 1 aliphatic rings. The van der Waals surface area contributed by atoms with Crippen LogP contribution in [0.25, 0.3) is 0 Å². The molecule has 17 heavy (non-hydrogen) atoms. The number of esters is 1. The summed E-state index contributed by atoms with van der Waals surface area (Å²) < 4.78 is 5.10. The highest BCUT2D eigenvalue weighted by molar-refractivity contribution is 5.87. The number of nitrogens with one attached hydrogen (secondary N) is 1. The predicted octanol–water partition coefficient (Wildman–Crippen LogP) is 1.94. The maximum absolute atomic E-state index is 11.5. The van der Waals surface area contributed by atoms with Crippen LogP contribution in [0.4, 0.5) is 0 Å². The quantitative estimate of drug-likeness (QED) is 0.419. The van der Waals surface area contributed by atoms with Crippen LogP contribution in [-0.4, -0.2) is 24.5 Å². The molecule has 1 saturated heterocycles. The first-order valence-electron chi connectivity index (χ1n) is 6.35. The van der Waals surface area contributed by atoms with E-state index in [-0.39, 0.29) is 11.9 Å². The molecule has 0 aliphatic carbocycles. The Morgan fingerprint density at radius 1 is 1.47 bits per heavy atom. The third-order valence-corrected chi connectivity index (χ3v) is 2.69. The van der Waals surface area contributed by atoms with Gasteiger partial charge in [-0.25, -0.2) is 4.79 Å². The number of amides is 1. The summed E-state index contributed by atoms with van der Waals surface area (Å²) in [5, 5.41) is 2.60. The Bertz CT molecular complexity index is 286. The van der Waals surface area contributed by atoms with Gasteiger partial charge < -0.3 is 10.1 Å². The summed E-state index contributed by atoms with van der Waals surface area (Å²) >= 11 is 0. The molecule has 0 radical (unpaired) electrons. The Morgan fingerprint density at radius 3 is 2.94 bits per heavy atom. The van der Waals surface area contributed by atoms with Gasteiger partial charge in [-0.2, -0.15) is 0 Å². The molecule has 1 aliphatic heterocycles. The molecule has 0 unspecified atom stereocenters. The average Bonchev–Trinajstić information content (AvgIpc) is 2.74. The van der Waals surface area contributed by atoms with Crippen LogP contribution in [0.5, 0.6) is 0 Å². The molecule has 0 aromatic rings. The normalized spacial score (nSPS) is 19.6. The van der Waals surface area contributed by atoms with Crippen molar-refractivity contribution in [2.45, 2.75) is 51.5 Å². The zero-order valence-corrected chi connectivity index (χ0v) is 10.4. The Labute approximate surface area is 102 Å². The number of ether oxygens (including phenoxy) is 1. The third-order valence-electron chi connectivity index (χ3n) is 2.69. The lowest BCUT2D eigenvalue weighted by Gasteiger charge is -2.09. The van der Waals surface area contributed by atoms with Gasteiger partial charge in [0.05, 0.1) is 6.61 Å². The first-order chi connectivity index (χ1) is 8.24. The van der Waals surface area contributed by atoms with E-state index in [1.54, 1.807) is 0 Å². The number of rotatable bonds is 7. The van der Waals surface area contributed by atoms with Gasteiger partial charge in [0.1, 0.15) is 6.04 Å². The van der Waals surface area contributed by atoms with E-state index in [2.05, 4.69) is 24.4 Å². The van der Waals surface area contributed by atoms with Crippen molar-refractivity contribution >= 4 is 11.9 Å². The summed E-state index contributed by atoms with van der Waals surface area (Å²) in [5.41, 5.74) is 0. The smallest absolute Gasteiger partial charge is 0.328 e. The van der Waals surface area contributed by atoms with E-state index in [0.717, 1.165) is 25.7 Å². The van der Waals surface area contributed by atoms with Crippen LogP contribution in [0.3, 0.4) is 0 Å². The second-order valence-corrected chi connectivity index (χ2v) is 4.20. The lowest BCUT2D eigenvalue weighted by Crippen LogP contribution is -2.34. The van der Waals surface area contributed by atoms with E-state index in [9.17, 15) is 9.59 Å². The number of hydrogen-bond donors (Lipinski definition) is 1. The Hall–Kier alpha value is -1.32. The summed E-state index contributed by atoms with van der Waals surface area (Å²) in [6, 6.07) is -0.414. The van der Waals surface area contributed by atoms with Crippen molar-refractivity contribution in [2.75, 3.05) is 6.61 Å². The van der Waals surface area contributed by atoms with Crippen LogP contribution in [0, 0.1) is 0 Å². The Kier molecular flexibility index (Phi) is 6.37. The van der Waals surface area contributed by atoms with Gasteiger partial charge in [0.15, 0.2) is 0 Å². The lowest BCUT2D eigenvalue weighted by molar-refractivity contribution is -0.146. The first-order valence-corrected chi connectivity index (χ1v) is 6.35. The number of unbranched alkanes of at least 4 members (excludes halogenated alkanes) is 2. The lowest BCUT2D eigenvalue weighted by atomic mass is 10.2. The zero-order valence-electron chi connectivity index (χ0n) is 10.4. The number of allylic oxidation sites excluding steroid dienone is 2. The highest BCUT2D eigenvalue weighted by atomic mass is 16.5. The molecule has 0 spiro atoms. The molecular weight excluding hydrogens is 218 g/mol. The highest BCUT2D eigenvalue weighted by Gasteiger charge is 2.28. The van der Waals surface area contributed by atoms with Crippen molar-refractivity contribution in [3.63, 3.8) is 0 Å². The predicted molar refractivity (Wildman–Crippen MR) is 65.4 cm³/mol. The molecule has 1 fully saturated rings. The largest absolute Gasteiger partial charge is 0.464 e. The summed E-state index contributed by atoms with van der Waals surface area (Å²) in [6.07, 6.45) is 9.29. The number of carbonyl (C=O) groups is 2. The third kappa shape index (κ3) is 5.52. The second kappa shape index (κ2) is 7.87. The summed E-state index contributed by atoms with van der Waals surface area (Å²) in [5.74, 6) is -0.350. The van der Waals surface area contributed by atoms with Crippen LogP contribution in [-0.2, 0) is 14.3 Å². The second-order valence-electron chi connectivity index (χ2n) is 4.20. The van der Waals surface area contributed by atoms with Crippen molar-refractivity contribution in [1.82, 2.24) is 5.32 Å². The van der Waals surface area contributed by atoms with Gasteiger partial charge in [-0.1, -0.05) is 19.1 Å². The molecule has 1 amide bonds. The molecule has 4 heteroatoms. The van der Waals surface area contributed by atoms with Crippen LogP contribution in [0.1, 0.15) is 45.4 Å². The Balaban J connectivity index is 2.01. The number of carbonyl (C=O) groups excluding carboxylic acids is 2. The van der Waals surface area contributed by atoms with E-state index in [4.69, 9.17) is 4.74 Å². The van der Waals surface area contributed by atoms with Gasteiger partial charge in [-0.05, 0) is 32.1 Å². The minimum atomic E-state index is -0.414.